The highest BCUT2D eigenvalue weighted by molar-refractivity contribution is 5.74. The molecule has 84 valence electrons. The Kier molecular flexibility index (Phi) is 2.67. The van der Waals surface area contributed by atoms with Crippen molar-refractivity contribution in [2.45, 2.75) is 32.1 Å². The lowest BCUT2D eigenvalue weighted by Gasteiger charge is -2.26. The molecule has 2 bridgehead atoms. The van der Waals surface area contributed by atoms with Crippen LogP contribution in [0.25, 0.3) is 0 Å². The maximum Gasteiger partial charge on any atom is 0.306 e. The molecular formula is C11H16O4. The number of carboxylic acids is 2. The Balaban J connectivity index is 2.22. The van der Waals surface area contributed by atoms with Gasteiger partial charge in [-0.15, -0.1) is 0 Å². The minimum absolute atomic E-state index is 0.211. The summed E-state index contributed by atoms with van der Waals surface area (Å²) >= 11 is 0. The second-order valence-corrected chi connectivity index (χ2v) is 4.80. The number of hydrogen-bond donors (Lipinski definition) is 2. The van der Waals surface area contributed by atoms with Crippen molar-refractivity contribution in [3.05, 3.63) is 0 Å². The summed E-state index contributed by atoms with van der Waals surface area (Å²) in [6.45, 7) is 0. The van der Waals surface area contributed by atoms with E-state index in [0.717, 1.165) is 25.7 Å². The summed E-state index contributed by atoms with van der Waals surface area (Å²) < 4.78 is 0. The van der Waals surface area contributed by atoms with Gasteiger partial charge >= 0.3 is 11.9 Å². The first-order chi connectivity index (χ1) is 7.09. The van der Waals surface area contributed by atoms with Crippen LogP contribution >= 0.6 is 0 Å². The molecule has 3 aliphatic carbocycles. The predicted octanol–water partition coefficient (Wildman–Crippen LogP) is 1.60. The number of aliphatic carboxylic acids is 2. The summed E-state index contributed by atoms with van der Waals surface area (Å²) in [6.07, 6.45) is 3.91. The Morgan fingerprint density at radius 2 is 1.13 bits per heavy atom. The molecule has 4 heteroatoms. The van der Waals surface area contributed by atoms with E-state index in [1.807, 2.05) is 0 Å². The van der Waals surface area contributed by atoms with Crippen LogP contribution in [0.4, 0.5) is 0 Å². The van der Waals surface area contributed by atoms with Gasteiger partial charge in [-0.3, -0.25) is 9.59 Å². The molecule has 4 nitrogen and oxygen atoms in total. The third kappa shape index (κ3) is 1.85. The summed E-state index contributed by atoms with van der Waals surface area (Å²) in [5, 5.41) is 18.2. The van der Waals surface area contributed by atoms with E-state index in [4.69, 9.17) is 10.2 Å². The molecule has 0 aliphatic heterocycles. The van der Waals surface area contributed by atoms with Crippen LogP contribution in [-0.4, -0.2) is 22.2 Å². The molecular weight excluding hydrogens is 196 g/mol. The van der Waals surface area contributed by atoms with Gasteiger partial charge in [-0.05, 0) is 43.9 Å². The van der Waals surface area contributed by atoms with Crippen molar-refractivity contribution in [2.75, 3.05) is 0 Å². The van der Waals surface area contributed by atoms with Gasteiger partial charge in [-0.1, -0.05) is 0 Å². The summed E-state index contributed by atoms with van der Waals surface area (Å²) in [7, 11) is 0. The highest BCUT2D eigenvalue weighted by Gasteiger charge is 2.43. The monoisotopic (exact) mass is 212 g/mol. The number of fused-ring (bicyclic) bond motifs is 4. The van der Waals surface area contributed by atoms with Crippen molar-refractivity contribution in [3.63, 3.8) is 0 Å². The Morgan fingerprint density at radius 3 is 1.40 bits per heavy atom. The van der Waals surface area contributed by atoms with Crippen LogP contribution in [0.3, 0.4) is 0 Å². The normalized spacial score (nSPS) is 39.7. The van der Waals surface area contributed by atoms with E-state index in [1.165, 1.54) is 0 Å². The lowest BCUT2D eigenvalue weighted by molar-refractivity contribution is -0.146. The van der Waals surface area contributed by atoms with E-state index in [-0.39, 0.29) is 11.8 Å². The van der Waals surface area contributed by atoms with Gasteiger partial charge in [0, 0.05) is 0 Å². The van der Waals surface area contributed by atoms with Crippen LogP contribution in [0, 0.1) is 23.7 Å². The Bertz CT molecular complexity index is 250. The summed E-state index contributed by atoms with van der Waals surface area (Å²) in [5.74, 6) is -2.06. The molecule has 2 unspecified atom stereocenters. The Labute approximate surface area is 88.3 Å². The fourth-order valence-corrected chi connectivity index (χ4v) is 3.21. The average Bonchev–Trinajstić information content (AvgIpc) is 2.46. The van der Waals surface area contributed by atoms with Crippen LogP contribution < -0.4 is 0 Å². The minimum Gasteiger partial charge on any atom is -0.481 e. The molecule has 0 amide bonds. The minimum atomic E-state index is -0.811. The SMILES string of the molecule is O=C(O)C1CC(C(=O)O)C2CCC1CC2. The van der Waals surface area contributed by atoms with Crippen molar-refractivity contribution < 1.29 is 19.8 Å². The van der Waals surface area contributed by atoms with E-state index in [0.29, 0.717) is 6.42 Å². The van der Waals surface area contributed by atoms with Crippen molar-refractivity contribution >= 4 is 11.9 Å². The van der Waals surface area contributed by atoms with E-state index in [1.54, 1.807) is 0 Å². The molecule has 0 aromatic carbocycles. The van der Waals surface area contributed by atoms with E-state index < -0.39 is 23.8 Å². The summed E-state index contributed by atoms with van der Waals surface area (Å²) in [4.78, 5) is 22.1. The first-order valence-corrected chi connectivity index (χ1v) is 5.55. The highest BCUT2D eigenvalue weighted by atomic mass is 16.4. The second kappa shape index (κ2) is 3.83. The highest BCUT2D eigenvalue weighted by Crippen LogP contribution is 2.45. The topological polar surface area (TPSA) is 74.6 Å². The standard InChI is InChI=1S/C11H16O4/c12-10(13)8-5-9(11(14)15)7-2-1-6(8)3-4-7/h6-9H,1-5H2,(H,12,13)(H,14,15). The first kappa shape index (κ1) is 10.5. The summed E-state index contributed by atoms with van der Waals surface area (Å²) in [5.41, 5.74) is 0. The van der Waals surface area contributed by atoms with Crippen LogP contribution in [-0.2, 0) is 9.59 Å². The summed E-state index contributed by atoms with van der Waals surface area (Å²) in [6, 6.07) is 0. The molecule has 0 saturated heterocycles. The lowest BCUT2D eigenvalue weighted by atomic mass is 9.79. The molecule has 3 aliphatic rings. The molecule has 0 aromatic heterocycles. The molecule has 3 fully saturated rings. The van der Waals surface area contributed by atoms with Crippen molar-refractivity contribution in [1.82, 2.24) is 0 Å². The van der Waals surface area contributed by atoms with Gasteiger partial charge in [0.2, 0.25) is 0 Å². The van der Waals surface area contributed by atoms with E-state index in [9.17, 15) is 9.59 Å². The number of carbonyl (C=O) groups is 2. The second-order valence-electron chi connectivity index (χ2n) is 4.80. The van der Waals surface area contributed by atoms with Gasteiger partial charge in [0.25, 0.3) is 0 Å². The van der Waals surface area contributed by atoms with Gasteiger partial charge < -0.3 is 10.2 Å². The molecule has 15 heavy (non-hydrogen) atoms. The largest absolute Gasteiger partial charge is 0.481 e. The molecule has 0 heterocycles. The van der Waals surface area contributed by atoms with Gasteiger partial charge in [0.05, 0.1) is 11.8 Å². The van der Waals surface area contributed by atoms with Crippen LogP contribution in [0.1, 0.15) is 32.1 Å². The maximum absolute atomic E-state index is 11.1. The Morgan fingerprint density at radius 1 is 0.800 bits per heavy atom. The molecule has 3 rings (SSSR count). The lowest BCUT2D eigenvalue weighted by Crippen LogP contribution is -2.25. The molecule has 2 atom stereocenters. The molecule has 0 aromatic rings. The van der Waals surface area contributed by atoms with Crippen LogP contribution in [0.15, 0.2) is 0 Å². The number of hydrogen-bond acceptors (Lipinski definition) is 2. The smallest absolute Gasteiger partial charge is 0.306 e. The van der Waals surface area contributed by atoms with Gasteiger partial charge in [0.1, 0.15) is 0 Å². The van der Waals surface area contributed by atoms with Gasteiger partial charge in [-0.25, -0.2) is 0 Å². The fraction of sp³-hybridized carbons (Fsp3) is 0.818. The average molecular weight is 212 g/mol. The third-order valence-corrected chi connectivity index (χ3v) is 4.10. The van der Waals surface area contributed by atoms with Crippen molar-refractivity contribution in [2.24, 2.45) is 23.7 Å². The van der Waals surface area contributed by atoms with E-state index in [2.05, 4.69) is 0 Å². The fourth-order valence-electron chi connectivity index (χ4n) is 3.21. The maximum atomic E-state index is 11.1. The van der Waals surface area contributed by atoms with Gasteiger partial charge in [0.15, 0.2) is 0 Å². The molecule has 2 N–H and O–H groups in total. The van der Waals surface area contributed by atoms with Crippen molar-refractivity contribution in [1.29, 1.82) is 0 Å². The van der Waals surface area contributed by atoms with Crippen LogP contribution in [0.5, 0.6) is 0 Å². The zero-order valence-corrected chi connectivity index (χ0v) is 8.56. The molecule has 0 radical (unpaired) electrons. The third-order valence-electron chi connectivity index (χ3n) is 4.10. The number of carboxylic acid groups (broad SMARTS) is 2. The first-order valence-electron chi connectivity index (χ1n) is 5.55. The quantitative estimate of drug-likeness (QED) is 0.729. The zero-order chi connectivity index (χ0) is 11.0. The van der Waals surface area contributed by atoms with Crippen LogP contribution in [0.2, 0.25) is 0 Å². The molecule has 3 saturated carbocycles. The van der Waals surface area contributed by atoms with Gasteiger partial charge in [-0.2, -0.15) is 0 Å². The zero-order valence-electron chi connectivity index (χ0n) is 8.56. The molecule has 0 spiro atoms. The number of rotatable bonds is 2. The van der Waals surface area contributed by atoms with E-state index >= 15 is 0 Å². The Hall–Kier alpha value is -1.06. The van der Waals surface area contributed by atoms with Crippen molar-refractivity contribution in [3.8, 4) is 0 Å². The predicted molar refractivity (Wildman–Crippen MR) is 52.3 cm³/mol.